The quantitative estimate of drug-likeness (QED) is 0.453. The largest absolute Gasteiger partial charge is 0.396 e. The number of aliphatic hydroxyl groups is 1. The average Bonchev–Trinajstić information content (AvgIpc) is 2.62. The molecule has 0 aliphatic rings. The van der Waals surface area contributed by atoms with Gasteiger partial charge in [0.25, 0.3) is 0 Å². The fourth-order valence-corrected chi connectivity index (χ4v) is 2.76. The lowest BCUT2D eigenvalue weighted by Crippen LogP contribution is -2.41. The maximum atomic E-state index is 9.67. The van der Waals surface area contributed by atoms with E-state index in [4.69, 9.17) is 4.99 Å². The van der Waals surface area contributed by atoms with Gasteiger partial charge in [-0.3, -0.25) is 9.89 Å². The Hall–Kier alpha value is -1.59. The second-order valence-electron chi connectivity index (χ2n) is 5.96. The lowest BCUT2D eigenvalue weighted by Gasteiger charge is -2.25. The van der Waals surface area contributed by atoms with E-state index in [0.717, 1.165) is 37.7 Å². The highest BCUT2D eigenvalue weighted by Gasteiger charge is 2.12. The highest BCUT2D eigenvalue weighted by molar-refractivity contribution is 5.79. The monoisotopic (exact) mass is 334 g/mol. The van der Waals surface area contributed by atoms with Gasteiger partial charge in [0.2, 0.25) is 0 Å². The highest BCUT2D eigenvalue weighted by atomic mass is 16.3. The van der Waals surface area contributed by atoms with Crippen molar-refractivity contribution in [2.75, 3.05) is 39.3 Å². The number of hydrogen-bond donors (Lipinski definition) is 3. The number of hydrogen-bond acceptors (Lipinski definition) is 3. The zero-order valence-electron chi connectivity index (χ0n) is 15.6. The molecule has 0 amide bonds. The van der Waals surface area contributed by atoms with Crippen molar-refractivity contribution in [1.29, 1.82) is 0 Å². The Bertz CT molecular complexity index is 460. The number of aliphatic imine (C=N–C) groups is 1. The van der Waals surface area contributed by atoms with Gasteiger partial charge in [0.1, 0.15) is 0 Å². The van der Waals surface area contributed by atoms with Crippen LogP contribution in [0, 0.1) is 0 Å². The van der Waals surface area contributed by atoms with Crippen molar-refractivity contribution >= 4 is 5.96 Å². The summed E-state index contributed by atoms with van der Waals surface area (Å²) in [5.41, 5.74) is 1.14. The molecule has 0 spiro atoms. The molecule has 0 saturated heterocycles. The molecule has 0 aromatic heterocycles. The molecular weight excluding hydrogens is 300 g/mol. The van der Waals surface area contributed by atoms with Gasteiger partial charge in [0.05, 0.1) is 13.2 Å². The van der Waals surface area contributed by atoms with Crippen LogP contribution in [-0.4, -0.2) is 61.3 Å². The van der Waals surface area contributed by atoms with E-state index in [9.17, 15) is 5.11 Å². The van der Waals surface area contributed by atoms with Crippen molar-refractivity contribution < 1.29 is 5.11 Å². The third-order valence-electron chi connectivity index (χ3n) is 4.30. The van der Waals surface area contributed by atoms with E-state index in [2.05, 4.69) is 55.4 Å². The molecule has 24 heavy (non-hydrogen) atoms. The van der Waals surface area contributed by atoms with Gasteiger partial charge in [0.15, 0.2) is 5.96 Å². The lowest BCUT2D eigenvalue weighted by molar-refractivity contribution is 0.236. The number of guanidine groups is 1. The van der Waals surface area contributed by atoms with Crippen LogP contribution in [0.2, 0.25) is 0 Å². The molecule has 5 heteroatoms. The summed E-state index contributed by atoms with van der Waals surface area (Å²) in [7, 11) is 0. The normalized spacial score (nSPS) is 14.5. The van der Waals surface area contributed by atoms with Crippen molar-refractivity contribution in [3.05, 3.63) is 35.9 Å². The summed E-state index contributed by atoms with van der Waals surface area (Å²) in [6.45, 7) is 13.1. The zero-order chi connectivity index (χ0) is 17.8. The summed E-state index contributed by atoms with van der Waals surface area (Å²) in [5, 5.41) is 16.3. The van der Waals surface area contributed by atoms with Gasteiger partial charge in [-0.15, -0.1) is 0 Å². The number of nitrogens with one attached hydrogen (secondary N) is 2. The summed E-state index contributed by atoms with van der Waals surface area (Å²) in [4.78, 5) is 7.10. The van der Waals surface area contributed by atoms with Gasteiger partial charge in [0, 0.05) is 25.0 Å². The van der Waals surface area contributed by atoms with Crippen LogP contribution in [0.15, 0.2) is 35.3 Å². The fraction of sp³-hybridized carbons (Fsp3) is 0.632. The lowest BCUT2D eigenvalue weighted by atomic mass is 10.0. The molecule has 3 N–H and O–H groups in total. The molecule has 1 aromatic rings. The molecule has 0 radical (unpaired) electrons. The van der Waals surface area contributed by atoms with Crippen molar-refractivity contribution in [2.45, 2.75) is 39.7 Å². The van der Waals surface area contributed by atoms with Gasteiger partial charge in [-0.2, -0.15) is 0 Å². The van der Waals surface area contributed by atoms with Crippen LogP contribution in [0.1, 0.15) is 39.2 Å². The molecule has 1 rings (SSSR count). The van der Waals surface area contributed by atoms with Gasteiger partial charge < -0.3 is 15.7 Å². The molecule has 0 aliphatic carbocycles. The molecule has 1 aromatic carbocycles. The highest BCUT2D eigenvalue weighted by Crippen LogP contribution is 2.13. The van der Waals surface area contributed by atoms with E-state index in [1.54, 1.807) is 0 Å². The van der Waals surface area contributed by atoms with Crippen LogP contribution in [0.5, 0.6) is 0 Å². The van der Waals surface area contributed by atoms with E-state index >= 15 is 0 Å². The van der Waals surface area contributed by atoms with Crippen molar-refractivity contribution in [3.8, 4) is 0 Å². The van der Waals surface area contributed by atoms with E-state index in [1.807, 2.05) is 18.2 Å². The maximum Gasteiger partial charge on any atom is 0.191 e. The Morgan fingerprint density at radius 3 is 2.33 bits per heavy atom. The van der Waals surface area contributed by atoms with E-state index in [0.29, 0.717) is 12.6 Å². The summed E-state index contributed by atoms with van der Waals surface area (Å²) < 4.78 is 0. The molecule has 136 valence electrons. The first-order chi connectivity index (χ1) is 11.7. The first kappa shape index (κ1) is 20.5. The van der Waals surface area contributed by atoms with Crippen LogP contribution < -0.4 is 10.6 Å². The van der Waals surface area contributed by atoms with Crippen LogP contribution in [-0.2, 0) is 0 Å². The predicted molar refractivity (Wildman–Crippen MR) is 103 cm³/mol. The minimum absolute atomic E-state index is 0.0651. The summed E-state index contributed by atoms with van der Waals surface area (Å²) in [5.74, 6) is 0.876. The number of rotatable bonds is 10. The molecule has 5 nitrogen and oxygen atoms in total. The van der Waals surface area contributed by atoms with Gasteiger partial charge in [-0.05, 0) is 32.5 Å². The Labute approximate surface area is 147 Å². The Kier molecular flexibility index (Phi) is 10.1. The Balaban J connectivity index is 2.62. The molecule has 0 saturated carbocycles. The van der Waals surface area contributed by atoms with Crippen molar-refractivity contribution in [3.63, 3.8) is 0 Å². The van der Waals surface area contributed by atoms with Crippen LogP contribution in [0.4, 0.5) is 0 Å². The van der Waals surface area contributed by atoms with Crippen molar-refractivity contribution in [2.24, 2.45) is 4.99 Å². The predicted octanol–water partition coefficient (Wildman–Crippen LogP) is 2.05. The summed E-state index contributed by atoms with van der Waals surface area (Å²) >= 11 is 0. The number of likely N-dealkylation sites (N-methyl/N-ethyl adjacent to an activating group) is 1. The van der Waals surface area contributed by atoms with Crippen LogP contribution >= 0.6 is 0 Å². The third kappa shape index (κ3) is 6.89. The third-order valence-corrected chi connectivity index (χ3v) is 4.30. The van der Waals surface area contributed by atoms with Gasteiger partial charge >= 0.3 is 0 Å². The zero-order valence-corrected chi connectivity index (χ0v) is 15.6. The second kappa shape index (κ2) is 11.9. The summed E-state index contributed by atoms with van der Waals surface area (Å²) in [6, 6.07) is 10.5. The molecule has 0 heterocycles. The molecule has 0 bridgehead atoms. The SMILES string of the molecule is CCNC(=NCC(C)N(CC)CC)NCC(CO)c1ccccc1. The van der Waals surface area contributed by atoms with Gasteiger partial charge in [-0.25, -0.2) is 0 Å². The van der Waals surface area contributed by atoms with E-state index in [-0.39, 0.29) is 12.5 Å². The van der Waals surface area contributed by atoms with Crippen LogP contribution in [0.25, 0.3) is 0 Å². The second-order valence-corrected chi connectivity index (χ2v) is 5.96. The number of aliphatic hydroxyl groups excluding tert-OH is 1. The minimum Gasteiger partial charge on any atom is -0.396 e. The average molecular weight is 335 g/mol. The van der Waals surface area contributed by atoms with Crippen molar-refractivity contribution in [1.82, 2.24) is 15.5 Å². The maximum absolute atomic E-state index is 9.67. The topological polar surface area (TPSA) is 59.9 Å². The molecule has 0 fully saturated rings. The first-order valence-corrected chi connectivity index (χ1v) is 9.08. The van der Waals surface area contributed by atoms with E-state index in [1.165, 1.54) is 0 Å². The number of nitrogens with zero attached hydrogens (tertiary/aromatic N) is 2. The molecular formula is C19H34N4O. The molecule has 2 atom stereocenters. The summed E-state index contributed by atoms with van der Waals surface area (Å²) in [6.07, 6.45) is 0. The smallest absolute Gasteiger partial charge is 0.191 e. The Morgan fingerprint density at radius 2 is 1.79 bits per heavy atom. The fourth-order valence-electron chi connectivity index (χ4n) is 2.76. The Morgan fingerprint density at radius 1 is 1.12 bits per heavy atom. The number of benzene rings is 1. The standard InChI is InChI=1S/C19H34N4O/c1-5-20-19(21-13-16(4)23(6-2)7-3)22-14-18(15-24)17-11-9-8-10-12-17/h8-12,16,18,24H,5-7,13-15H2,1-4H3,(H2,20,21,22). The first-order valence-electron chi connectivity index (χ1n) is 9.08. The minimum atomic E-state index is 0.0651. The van der Waals surface area contributed by atoms with Crippen LogP contribution in [0.3, 0.4) is 0 Å². The molecule has 0 aliphatic heterocycles. The van der Waals surface area contributed by atoms with E-state index < -0.39 is 0 Å². The van der Waals surface area contributed by atoms with Gasteiger partial charge in [-0.1, -0.05) is 44.2 Å². The molecule has 2 unspecified atom stereocenters.